The topological polar surface area (TPSA) is 52.6 Å². The van der Waals surface area contributed by atoms with Gasteiger partial charge in [-0.3, -0.25) is 9.69 Å². The number of carbonyl (C=O) groups excluding carboxylic acids is 1. The zero-order chi connectivity index (χ0) is 16.2. The first-order valence-electron chi connectivity index (χ1n) is 8.37. The summed E-state index contributed by atoms with van der Waals surface area (Å²) in [6, 6.07) is 10.1. The largest absolute Gasteiger partial charge is 0.386 e. The summed E-state index contributed by atoms with van der Waals surface area (Å²) in [6.07, 6.45) is 2.42. The number of carbonyl (C=O) groups is 1. The van der Waals surface area contributed by atoms with Crippen molar-refractivity contribution in [2.75, 3.05) is 19.6 Å². The lowest BCUT2D eigenvalue weighted by Crippen LogP contribution is -2.44. The summed E-state index contributed by atoms with van der Waals surface area (Å²) in [6.45, 7) is 4.39. The van der Waals surface area contributed by atoms with Crippen LogP contribution in [-0.2, 0) is 4.79 Å². The van der Waals surface area contributed by atoms with E-state index < -0.39 is 6.10 Å². The molecular formula is C18H24N2O2S. The molecule has 1 aliphatic rings. The zero-order valence-corrected chi connectivity index (χ0v) is 14.3. The third-order valence-electron chi connectivity index (χ3n) is 4.42. The molecule has 1 aromatic heterocycles. The van der Waals surface area contributed by atoms with E-state index in [-0.39, 0.29) is 18.5 Å². The van der Waals surface area contributed by atoms with Gasteiger partial charge in [0.15, 0.2) is 0 Å². The van der Waals surface area contributed by atoms with Gasteiger partial charge in [0.05, 0.1) is 6.04 Å². The fourth-order valence-corrected chi connectivity index (χ4v) is 4.31. The van der Waals surface area contributed by atoms with Gasteiger partial charge in [0.25, 0.3) is 0 Å². The van der Waals surface area contributed by atoms with Crippen LogP contribution in [0.2, 0.25) is 0 Å². The fourth-order valence-electron chi connectivity index (χ4n) is 3.26. The van der Waals surface area contributed by atoms with Gasteiger partial charge in [-0.15, -0.1) is 11.3 Å². The first kappa shape index (κ1) is 16.4. The van der Waals surface area contributed by atoms with Crippen LogP contribution in [0, 0.1) is 0 Å². The molecular weight excluding hydrogens is 308 g/mol. The summed E-state index contributed by atoms with van der Waals surface area (Å²) in [5.41, 5.74) is 0. The third kappa shape index (κ3) is 3.74. The van der Waals surface area contributed by atoms with Crippen molar-refractivity contribution < 1.29 is 9.90 Å². The second kappa shape index (κ2) is 7.43. The van der Waals surface area contributed by atoms with Crippen molar-refractivity contribution in [1.82, 2.24) is 10.2 Å². The van der Waals surface area contributed by atoms with E-state index in [4.69, 9.17) is 0 Å². The van der Waals surface area contributed by atoms with E-state index in [2.05, 4.69) is 23.2 Å². The van der Waals surface area contributed by atoms with Crippen LogP contribution in [0.4, 0.5) is 0 Å². The number of aliphatic hydroxyl groups is 1. The predicted molar refractivity (Wildman–Crippen MR) is 94.7 cm³/mol. The van der Waals surface area contributed by atoms with E-state index in [1.165, 1.54) is 0 Å². The lowest BCUT2D eigenvalue weighted by molar-refractivity contribution is -0.125. The minimum absolute atomic E-state index is 0.0236. The molecule has 3 rings (SSSR count). The molecule has 0 radical (unpaired) electrons. The summed E-state index contributed by atoms with van der Waals surface area (Å²) < 4.78 is 1.16. The molecule has 1 aliphatic heterocycles. The van der Waals surface area contributed by atoms with Crippen molar-refractivity contribution in [3.63, 3.8) is 0 Å². The van der Waals surface area contributed by atoms with E-state index >= 15 is 0 Å². The highest BCUT2D eigenvalue weighted by molar-refractivity contribution is 7.19. The predicted octanol–water partition coefficient (Wildman–Crippen LogP) is 2.93. The van der Waals surface area contributed by atoms with Crippen molar-refractivity contribution in [2.45, 2.75) is 38.3 Å². The molecule has 2 N–H and O–H groups in total. The van der Waals surface area contributed by atoms with Gasteiger partial charge >= 0.3 is 0 Å². The van der Waals surface area contributed by atoms with E-state index in [1.807, 2.05) is 24.3 Å². The van der Waals surface area contributed by atoms with E-state index in [0.29, 0.717) is 0 Å². The molecule has 124 valence electrons. The second-order valence-electron chi connectivity index (χ2n) is 6.14. The first-order valence-corrected chi connectivity index (χ1v) is 9.19. The van der Waals surface area contributed by atoms with Crippen LogP contribution in [0.15, 0.2) is 30.3 Å². The molecule has 1 fully saturated rings. The van der Waals surface area contributed by atoms with Crippen LogP contribution in [0.25, 0.3) is 10.1 Å². The molecule has 23 heavy (non-hydrogen) atoms. The van der Waals surface area contributed by atoms with Crippen LogP contribution in [-0.4, -0.2) is 41.6 Å². The smallest absolute Gasteiger partial charge is 0.237 e. The van der Waals surface area contributed by atoms with Gasteiger partial charge in [-0.25, -0.2) is 0 Å². The van der Waals surface area contributed by atoms with E-state index in [9.17, 15) is 9.90 Å². The maximum absolute atomic E-state index is 12.4. The summed E-state index contributed by atoms with van der Waals surface area (Å²) >= 11 is 1.59. The molecule has 1 saturated heterocycles. The number of amides is 1. The minimum Gasteiger partial charge on any atom is -0.386 e. The van der Waals surface area contributed by atoms with Gasteiger partial charge in [-0.2, -0.15) is 0 Å². The lowest BCUT2D eigenvalue weighted by Gasteiger charge is -2.23. The number of likely N-dealkylation sites (tertiary alicyclic amines) is 1. The molecule has 0 bridgehead atoms. The molecule has 0 saturated carbocycles. The van der Waals surface area contributed by atoms with Crippen molar-refractivity contribution >= 4 is 27.3 Å². The Kier molecular flexibility index (Phi) is 5.30. The summed E-state index contributed by atoms with van der Waals surface area (Å²) in [5, 5.41) is 14.4. The van der Waals surface area contributed by atoms with Crippen LogP contribution in [0.3, 0.4) is 0 Å². The molecule has 2 atom stereocenters. The minimum atomic E-state index is -0.641. The molecule has 2 aromatic rings. The molecule has 2 heterocycles. The van der Waals surface area contributed by atoms with E-state index in [1.54, 1.807) is 11.3 Å². The van der Waals surface area contributed by atoms with Crippen molar-refractivity contribution in [3.05, 3.63) is 35.2 Å². The van der Waals surface area contributed by atoms with Crippen molar-refractivity contribution in [3.8, 4) is 0 Å². The van der Waals surface area contributed by atoms with Gasteiger partial charge in [-0.05, 0) is 49.9 Å². The average molecular weight is 332 g/mol. The lowest BCUT2D eigenvalue weighted by atomic mass is 10.2. The SMILES string of the molecule is CCCN1CCCC1C(=O)NCC(O)c1cc2ccccc2s1. The van der Waals surface area contributed by atoms with Crippen LogP contribution >= 0.6 is 11.3 Å². The van der Waals surface area contributed by atoms with Crippen LogP contribution in [0.1, 0.15) is 37.2 Å². The Labute approximate surface area is 141 Å². The van der Waals surface area contributed by atoms with Gasteiger partial charge in [0, 0.05) is 16.1 Å². The van der Waals surface area contributed by atoms with Crippen LogP contribution < -0.4 is 5.32 Å². The first-order chi connectivity index (χ1) is 11.2. The second-order valence-corrected chi connectivity index (χ2v) is 7.26. The van der Waals surface area contributed by atoms with Gasteiger partial charge in [0.1, 0.15) is 6.10 Å². The highest BCUT2D eigenvalue weighted by Crippen LogP contribution is 2.29. The number of hydrogen-bond acceptors (Lipinski definition) is 4. The Bertz CT molecular complexity index is 637. The Balaban J connectivity index is 1.57. The highest BCUT2D eigenvalue weighted by Gasteiger charge is 2.30. The maximum Gasteiger partial charge on any atom is 0.237 e. The normalized spacial score (nSPS) is 20.0. The fraction of sp³-hybridized carbons (Fsp3) is 0.500. The number of rotatable bonds is 6. The standard InChI is InChI=1S/C18H24N2O2S/c1-2-9-20-10-5-7-14(20)18(22)19-12-15(21)17-11-13-6-3-4-8-16(13)23-17/h3-4,6,8,11,14-15,21H,2,5,7,9-10,12H2,1H3,(H,19,22). The Morgan fingerprint density at radius 2 is 2.30 bits per heavy atom. The Morgan fingerprint density at radius 3 is 3.09 bits per heavy atom. The molecule has 1 aromatic carbocycles. The molecule has 2 unspecified atom stereocenters. The molecule has 0 spiro atoms. The van der Waals surface area contributed by atoms with Crippen molar-refractivity contribution in [1.29, 1.82) is 0 Å². The highest BCUT2D eigenvalue weighted by atomic mass is 32.1. The Hall–Kier alpha value is -1.43. The molecule has 0 aliphatic carbocycles. The number of benzene rings is 1. The number of fused-ring (bicyclic) bond motifs is 1. The monoisotopic (exact) mass is 332 g/mol. The third-order valence-corrected chi connectivity index (χ3v) is 5.64. The van der Waals surface area contributed by atoms with E-state index in [0.717, 1.165) is 47.3 Å². The number of thiophene rings is 1. The zero-order valence-electron chi connectivity index (χ0n) is 13.5. The summed E-state index contributed by atoms with van der Waals surface area (Å²) in [7, 11) is 0. The average Bonchev–Trinajstić information content (AvgIpc) is 3.19. The molecule has 5 heteroatoms. The Morgan fingerprint density at radius 1 is 1.48 bits per heavy atom. The van der Waals surface area contributed by atoms with Gasteiger partial charge in [-0.1, -0.05) is 25.1 Å². The molecule has 1 amide bonds. The van der Waals surface area contributed by atoms with Crippen molar-refractivity contribution in [2.24, 2.45) is 0 Å². The number of nitrogens with zero attached hydrogens (tertiary/aromatic N) is 1. The van der Waals surface area contributed by atoms with Gasteiger partial charge in [0.2, 0.25) is 5.91 Å². The van der Waals surface area contributed by atoms with Gasteiger partial charge < -0.3 is 10.4 Å². The molecule has 4 nitrogen and oxygen atoms in total. The number of hydrogen-bond donors (Lipinski definition) is 2. The number of nitrogens with one attached hydrogen (secondary N) is 1. The summed E-state index contributed by atoms with van der Waals surface area (Å²) in [4.78, 5) is 15.5. The number of aliphatic hydroxyl groups excluding tert-OH is 1. The van der Waals surface area contributed by atoms with Crippen LogP contribution in [0.5, 0.6) is 0 Å². The quantitative estimate of drug-likeness (QED) is 0.855. The maximum atomic E-state index is 12.4. The summed E-state index contributed by atoms with van der Waals surface area (Å²) in [5.74, 6) is 0.0520.